The van der Waals surface area contributed by atoms with Gasteiger partial charge in [-0.3, -0.25) is 14.3 Å². The Morgan fingerprint density at radius 2 is 1.93 bits per heavy atom. The minimum Gasteiger partial charge on any atom is -0.496 e. The van der Waals surface area contributed by atoms with Gasteiger partial charge in [0.05, 0.1) is 38.9 Å². The Morgan fingerprint density at radius 3 is 2.64 bits per heavy atom. The highest BCUT2D eigenvalue weighted by atomic mass is 16.5. The van der Waals surface area contributed by atoms with Crippen molar-refractivity contribution < 1.29 is 14.1 Å². The van der Waals surface area contributed by atoms with E-state index in [4.69, 9.17) is 4.74 Å². The van der Waals surface area contributed by atoms with Crippen LogP contribution in [0.5, 0.6) is 5.75 Å². The maximum atomic E-state index is 11.6. The molecule has 0 fully saturated rings. The Balaban J connectivity index is 1.74. The molecule has 0 atom stereocenters. The second-order valence-electron chi connectivity index (χ2n) is 9.28. The summed E-state index contributed by atoms with van der Waals surface area (Å²) in [5, 5.41) is 0. The van der Waals surface area contributed by atoms with E-state index in [1.165, 1.54) is 57.3 Å². The van der Waals surface area contributed by atoms with Crippen LogP contribution in [0.25, 0.3) is 0 Å². The first kappa shape index (κ1) is 20.9. The van der Waals surface area contributed by atoms with E-state index in [9.17, 15) is 4.79 Å². The molecule has 0 aromatic heterocycles. The van der Waals surface area contributed by atoms with Crippen LogP contribution >= 0.6 is 0 Å². The van der Waals surface area contributed by atoms with Crippen molar-refractivity contribution in [1.82, 2.24) is 4.90 Å². The number of amidine groups is 1. The van der Waals surface area contributed by atoms with Crippen LogP contribution in [-0.2, 0) is 11.8 Å². The van der Waals surface area contributed by atoms with Crippen molar-refractivity contribution in [2.45, 2.75) is 71.1 Å². The van der Waals surface area contributed by atoms with E-state index in [1.807, 2.05) is 6.07 Å². The molecule has 4 heteroatoms. The van der Waals surface area contributed by atoms with Gasteiger partial charge in [0.25, 0.3) is 0 Å². The molecular formula is C24H37N2O2+. The van der Waals surface area contributed by atoms with Gasteiger partial charge in [0, 0.05) is 12.8 Å². The van der Waals surface area contributed by atoms with Crippen molar-refractivity contribution in [3.63, 3.8) is 0 Å². The number of aryl methyl sites for hydroxylation is 1. The third-order valence-electron chi connectivity index (χ3n) is 6.18. The maximum Gasteiger partial charge on any atom is 0.246 e. The largest absolute Gasteiger partial charge is 0.496 e. The lowest BCUT2D eigenvalue weighted by molar-refractivity contribution is -0.539. The molecule has 0 amide bonds. The first-order valence-electron chi connectivity index (χ1n) is 11.0. The second-order valence-corrected chi connectivity index (χ2v) is 9.28. The van der Waals surface area contributed by atoms with Crippen LogP contribution in [0.15, 0.2) is 12.1 Å². The minimum absolute atomic E-state index is 0.0162. The van der Waals surface area contributed by atoms with Gasteiger partial charge in [-0.15, -0.1) is 0 Å². The standard InChI is InChI=1S/C24H37N2O2/c1-24(2,3)21-16-19(23(28-4)20(17-21)18-27)10-8-13-26-15-9-14-25-12-7-5-6-11-22(25)26/h16-18H,5-15H2,1-4H3/q+1. The van der Waals surface area contributed by atoms with Gasteiger partial charge in [-0.25, -0.2) is 0 Å². The van der Waals surface area contributed by atoms with Crippen LogP contribution in [-0.4, -0.2) is 54.9 Å². The van der Waals surface area contributed by atoms with Crippen LogP contribution in [0.2, 0.25) is 0 Å². The summed E-state index contributed by atoms with van der Waals surface area (Å²) < 4.78 is 8.25. The third-order valence-corrected chi connectivity index (χ3v) is 6.18. The van der Waals surface area contributed by atoms with E-state index >= 15 is 0 Å². The molecule has 3 rings (SSSR count). The Kier molecular flexibility index (Phi) is 6.79. The maximum absolute atomic E-state index is 11.6. The van der Waals surface area contributed by atoms with E-state index in [2.05, 4.69) is 36.3 Å². The quantitative estimate of drug-likeness (QED) is 0.536. The van der Waals surface area contributed by atoms with Crippen LogP contribution < -0.4 is 4.74 Å². The van der Waals surface area contributed by atoms with Gasteiger partial charge in [-0.05, 0) is 54.7 Å². The Morgan fingerprint density at radius 1 is 1.14 bits per heavy atom. The zero-order valence-corrected chi connectivity index (χ0v) is 18.2. The normalized spacial score (nSPS) is 17.9. The average Bonchev–Trinajstić information content (AvgIpc) is 2.92. The molecule has 0 radical (unpaired) electrons. The molecule has 0 saturated carbocycles. The zero-order valence-electron chi connectivity index (χ0n) is 18.2. The fraction of sp³-hybridized carbons (Fsp3) is 0.667. The number of benzene rings is 1. The number of hydrogen-bond acceptors (Lipinski definition) is 3. The lowest BCUT2D eigenvalue weighted by Crippen LogP contribution is -2.44. The molecule has 4 nitrogen and oxygen atoms in total. The molecule has 0 spiro atoms. The molecule has 154 valence electrons. The number of methoxy groups -OCH3 is 1. The zero-order chi connectivity index (χ0) is 20.1. The van der Waals surface area contributed by atoms with Gasteiger partial charge in [0.15, 0.2) is 6.29 Å². The fourth-order valence-electron chi connectivity index (χ4n) is 4.60. The molecule has 2 heterocycles. The summed E-state index contributed by atoms with van der Waals surface area (Å²) in [5.41, 5.74) is 3.05. The highest BCUT2D eigenvalue weighted by Gasteiger charge is 2.28. The van der Waals surface area contributed by atoms with Crippen molar-refractivity contribution in [2.75, 3.05) is 33.3 Å². The summed E-state index contributed by atoms with van der Waals surface area (Å²) in [7, 11) is 1.67. The van der Waals surface area contributed by atoms with Gasteiger partial charge >= 0.3 is 0 Å². The third kappa shape index (κ3) is 4.76. The molecule has 1 aromatic carbocycles. The van der Waals surface area contributed by atoms with Crippen LogP contribution in [0, 0.1) is 0 Å². The van der Waals surface area contributed by atoms with E-state index < -0.39 is 0 Å². The lowest BCUT2D eigenvalue weighted by Gasteiger charge is -2.26. The number of ether oxygens (including phenoxy) is 1. The fourth-order valence-corrected chi connectivity index (χ4v) is 4.60. The Labute approximate surface area is 170 Å². The molecule has 1 aromatic rings. The molecule has 2 aliphatic heterocycles. The van der Waals surface area contributed by atoms with E-state index in [-0.39, 0.29) is 5.41 Å². The second kappa shape index (κ2) is 9.11. The SMILES string of the molecule is COc1c(C=O)cc(C(C)(C)C)cc1CCCN1CCC[N+]2=C1CCCCC2. The summed E-state index contributed by atoms with van der Waals surface area (Å²) in [6.07, 6.45) is 9.48. The van der Waals surface area contributed by atoms with E-state index in [0.717, 1.165) is 37.0 Å². The van der Waals surface area contributed by atoms with Gasteiger partial charge in [-0.1, -0.05) is 26.8 Å². The summed E-state index contributed by atoms with van der Waals surface area (Å²) in [6, 6.07) is 4.23. The molecule has 0 N–H and O–H groups in total. The topological polar surface area (TPSA) is 32.5 Å². The summed E-state index contributed by atoms with van der Waals surface area (Å²) in [5.74, 6) is 2.33. The molecule has 2 aliphatic rings. The average molecular weight is 386 g/mol. The summed E-state index contributed by atoms with van der Waals surface area (Å²) in [4.78, 5) is 14.3. The van der Waals surface area contributed by atoms with Crippen molar-refractivity contribution in [3.05, 3.63) is 28.8 Å². The van der Waals surface area contributed by atoms with Gasteiger partial charge in [0.2, 0.25) is 5.84 Å². The minimum atomic E-state index is 0.0162. The molecule has 28 heavy (non-hydrogen) atoms. The molecule has 0 bridgehead atoms. The highest BCUT2D eigenvalue weighted by molar-refractivity contribution is 5.81. The Hall–Kier alpha value is -1.84. The predicted molar refractivity (Wildman–Crippen MR) is 115 cm³/mol. The smallest absolute Gasteiger partial charge is 0.246 e. The number of aldehydes is 1. The molecule has 0 saturated heterocycles. The Bertz CT molecular complexity index is 731. The predicted octanol–water partition coefficient (Wildman–Crippen LogP) is 4.43. The van der Waals surface area contributed by atoms with Crippen molar-refractivity contribution >= 4 is 12.1 Å². The van der Waals surface area contributed by atoms with Gasteiger partial charge in [-0.2, -0.15) is 0 Å². The molecule has 0 unspecified atom stereocenters. The van der Waals surface area contributed by atoms with E-state index in [1.54, 1.807) is 12.9 Å². The molecule has 0 aliphatic carbocycles. The summed E-state index contributed by atoms with van der Waals surface area (Å²) in [6.45, 7) is 11.3. The lowest BCUT2D eigenvalue weighted by atomic mass is 9.84. The van der Waals surface area contributed by atoms with Crippen LogP contribution in [0.4, 0.5) is 0 Å². The van der Waals surface area contributed by atoms with Crippen molar-refractivity contribution in [1.29, 1.82) is 0 Å². The molecular weight excluding hydrogens is 348 g/mol. The number of nitrogens with zero attached hydrogens (tertiary/aromatic N) is 2. The summed E-state index contributed by atoms with van der Waals surface area (Å²) >= 11 is 0. The van der Waals surface area contributed by atoms with Crippen LogP contribution in [0.1, 0.15) is 80.8 Å². The van der Waals surface area contributed by atoms with E-state index in [0.29, 0.717) is 5.56 Å². The number of carbonyl (C=O) groups excluding carboxylic acids is 1. The van der Waals surface area contributed by atoms with Gasteiger partial charge < -0.3 is 4.74 Å². The number of carbonyl (C=O) groups is 1. The first-order valence-corrected chi connectivity index (χ1v) is 11.0. The van der Waals surface area contributed by atoms with Crippen molar-refractivity contribution in [2.24, 2.45) is 0 Å². The number of hydrogen-bond donors (Lipinski definition) is 0. The first-order chi connectivity index (χ1) is 13.4. The van der Waals surface area contributed by atoms with Crippen LogP contribution in [0.3, 0.4) is 0 Å². The highest BCUT2D eigenvalue weighted by Crippen LogP contribution is 2.32. The number of rotatable bonds is 6. The van der Waals surface area contributed by atoms with Crippen molar-refractivity contribution in [3.8, 4) is 5.75 Å². The van der Waals surface area contributed by atoms with Gasteiger partial charge in [0.1, 0.15) is 5.75 Å². The monoisotopic (exact) mass is 385 g/mol.